The molecule has 6 atom stereocenters. The second-order valence-corrected chi connectivity index (χ2v) is 9.13. The van der Waals surface area contributed by atoms with Crippen molar-refractivity contribution in [1.82, 2.24) is 0 Å². The molecule has 6 heteroatoms. The summed E-state index contributed by atoms with van der Waals surface area (Å²) < 4.78 is 5.90. The SMILES string of the molecule is C/C=C1\C[N+]2(C)CC[C@@]34c5ccccc5N[C@]32[C@@H]([O-])C[C@@H]1[C@@]4(CO)C(=O)OC. The van der Waals surface area contributed by atoms with Crippen LogP contribution in [-0.4, -0.2) is 61.2 Å². The predicted octanol–water partition coefficient (Wildman–Crippen LogP) is 0.757. The molecule has 6 nitrogen and oxygen atoms in total. The van der Waals surface area contributed by atoms with Crippen molar-refractivity contribution in [3.8, 4) is 0 Å². The fraction of sp³-hybridized carbons (Fsp3) is 0.591. The summed E-state index contributed by atoms with van der Waals surface area (Å²) in [5.41, 5.74) is 0.143. The topological polar surface area (TPSA) is 81.6 Å². The molecule has 1 aromatic rings. The Morgan fingerprint density at radius 2 is 2.21 bits per heavy atom. The van der Waals surface area contributed by atoms with Gasteiger partial charge in [-0.2, -0.15) is 0 Å². The fourth-order valence-corrected chi connectivity index (χ4v) is 7.67. The van der Waals surface area contributed by atoms with Crippen LogP contribution in [0.1, 0.15) is 25.3 Å². The van der Waals surface area contributed by atoms with E-state index in [9.17, 15) is 15.0 Å². The maximum absolute atomic E-state index is 13.9. The molecule has 4 fully saturated rings. The molecular weight excluding hydrogens is 356 g/mol. The summed E-state index contributed by atoms with van der Waals surface area (Å²) in [5.74, 6) is -0.719. The van der Waals surface area contributed by atoms with Crippen LogP contribution in [0.25, 0.3) is 0 Å². The second-order valence-electron chi connectivity index (χ2n) is 9.13. The molecule has 3 saturated heterocycles. The lowest BCUT2D eigenvalue weighted by molar-refractivity contribution is -0.950. The lowest BCUT2D eigenvalue weighted by Gasteiger charge is -2.62. The lowest BCUT2D eigenvalue weighted by atomic mass is 9.45. The number of nitrogens with one attached hydrogen (secondary N) is 1. The van der Waals surface area contributed by atoms with Gasteiger partial charge >= 0.3 is 5.97 Å². The van der Waals surface area contributed by atoms with Gasteiger partial charge in [0.2, 0.25) is 0 Å². The van der Waals surface area contributed by atoms with Crippen molar-refractivity contribution in [3.63, 3.8) is 0 Å². The van der Waals surface area contributed by atoms with Crippen molar-refractivity contribution in [3.05, 3.63) is 41.5 Å². The first-order valence-electron chi connectivity index (χ1n) is 10.1. The van der Waals surface area contributed by atoms with Crippen LogP contribution < -0.4 is 10.4 Å². The number of esters is 1. The molecule has 1 aromatic carbocycles. The zero-order valence-electron chi connectivity index (χ0n) is 16.7. The van der Waals surface area contributed by atoms with Crippen molar-refractivity contribution in [2.45, 2.75) is 36.9 Å². The smallest absolute Gasteiger partial charge is 0.316 e. The van der Waals surface area contributed by atoms with E-state index in [4.69, 9.17) is 4.74 Å². The summed E-state index contributed by atoms with van der Waals surface area (Å²) in [7, 11) is 3.53. The number of hydrogen-bond donors (Lipinski definition) is 2. The van der Waals surface area contributed by atoms with Crippen LogP contribution in [0.5, 0.6) is 0 Å². The average Bonchev–Trinajstić information content (AvgIpc) is 3.12. The summed E-state index contributed by atoms with van der Waals surface area (Å²) in [6, 6.07) is 7.94. The molecule has 4 heterocycles. The molecule has 28 heavy (non-hydrogen) atoms. The molecule has 1 saturated carbocycles. The minimum absolute atomic E-state index is 0.321. The van der Waals surface area contributed by atoms with Crippen LogP contribution >= 0.6 is 0 Å². The number of quaternary nitrogens is 1. The standard InChI is InChI=1S/C22H28N2O4/c1-4-14-12-24(2)10-9-21-15-7-5-6-8-17(15)23-22(21,24)18(26)11-16(14)20(21,13-25)19(27)28-3/h4-8,16,18,23,25H,9-13H2,1-3H3/b14-4+/t16-,18-,20-,21-,22-,24?/m0/s1. The van der Waals surface area contributed by atoms with Gasteiger partial charge in [-0.3, -0.25) is 4.79 Å². The number of methoxy groups -OCH3 is 1. The molecule has 1 unspecified atom stereocenters. The van der Waals surface area contributed by atoms with Crippen molar-refractivity contribution < 1.29 is 24.2 Å². The number of carbonyl (C=O) groups is 1. The molecular formula is C22H28N2O4. The summed E-state index contributed by atoms with van der Waals surface area (Å²) in [6.07, 6.45) is 2.16. The number of allylic oxidation sites excluding steroid dienone is 1. The zero-order chi connectivity index (χ0) is 19.9. The van der Waals surface area contributed by atoms with E-state index in [1.54, 1.807) is 0 Å². The third kappa shape index (κ3) is 1.52. The molecule has 1 spiro atoms. The number of benzene rings is 1. The highest BCUT2D eigenvalue weighted by molar-refractivity contribution is 5.85. The number of likely N-dealkylation sites (N-methyl/N-ethyl adjacent to an activating group) is 1. The first-order valence-corrected chi connectivity index (χ1v) is 10.1. The third-order valence-electron chi connectivity index (χ3n) is 8.62. The normalized spacial score (nSPS) is 46.7. The average molecular weight is 384 g/mol. The summed E-state index contributed by atoms with van der Waals surface area (Å²) in [5, 5.41) is 28.5. The third-order valence-corrected chi connectivity index (χ3v) is 8.62. The van der Waals surface area contributed by atoms with E-state index >= 15 is 0 Å². The molecule has 1 aliphatic carbocycles. The minimum Gasteiger partial charge on any atom is -0.846 e. The quantitative estimate of drug-likeness (QED) is 0.447. The molecule has 5 aliphatic rings. The Balaban J connectivity index is 1.96. The molecule has 6 rings (SSSR count). The van der Waals surface area contributed by atoms with E-state index in [0.29, 0.717) is 23.9 Å². The monoisotopic (exact) mass is 384 g/mol. The van der Waals surface area contributed by atoms with Crippen LogP contribution in [0, 0.1) is 11.3 Å². The Bertz CT molecular complexity index is 900. The number of carbonyl (C=O) groups excluding carboxylic acids is 1. The number of fused-ring (bicyclic) bond motifs is 3. The first kappa shape index (κ1) is 18.2. The molecule has 0 radical (unpaired) electrons. The van der Waals surface area contributed by atoms with Gasteiger partial charge in [-0.05, 0) is 36.7 Å². The van der Waals surface area contributed by atoms with Crippen LogP contribution in [0.4, 0.5) is 5.69 Å². The number of para-hydroxylation sites is 1. The first-order chi connectivity index (χ1) is 13.4. The maximum Gasteiger partial charge on any atom is 0.316 e. The Hall–Kier alpha value is -1.89. The van der Waals surface area contributed by atoms with E-state index in [1.807, 2.05) is 37.3 Å². The highest BCUT2D eigenvalue weighted by Crippen LogP contribution is 2.73. The highest BCUT2D eigenvalue weighted by atomic mass is 16.5. The number of rotatable bonds is 2. The number of aliphatic hydroxyl groups excluding tert-OH is 1. The van der Waals surface area contributed by atoms with E-state index in [1.165, 1.54) is 7.11 Å². The molecule has 0 aromatic heterocycles. The number of nitrogens with zero attached hydrogens (tertiary/aromatic N) is 1. The van der Waals surface area contributed by atoms with Gasteiger partial charge in [-0.15, -0.1) is 0 Å². The van der Waals surface area contributed by atoms with E-state index in [-0.39, 0.29) is 12.5 Å². The van der Waals surface area contributed by atoms with Gasteiger partial charge in [-0.1, -0.05) is 24.3 Å². The van der Waals surface area contributed by atoms with E-state index in [2.05, 4.69) is 12.4 Å². The van der Waals surface area contributed by atoms with Gasteiger partial charge in [-0.25, -0.2) is 0 Å². The summed E-state index contributed by atoms with van der Waals surface area (Å²) in [4.78, 5) is 13.5. The number of anilines is 1. The predicted molar refractivity (Wildman–Crippen MR) is 102 cm³/mol. The second kappa shape index (κ2) is 5.38. The lowest BCUT2D eigenvalue weighted by Crippen LogP contribution is -2.81. The van der Waals surface area contributed by atoms with Crippen molar-refractivity contribution in [1.29, 1.82) is 0 Å². The largest absolute Gasteiger partial charge is 0.846 e. The van der Waals surface area contributed by atoms with Crippen LogP contribution in [-0.2, 0) is 14.9 Å². The molecule has 0 amide bonds. The van der Waals surface area contributed by atoms with Crippen molar-refractivity contribution in [2.24, 2.45) is 11.3 Å². The van der Waals surface area contributed by atoms with Gasteiger partial charge in [0.1, 0.15) is 12.0 Å². The number of ether oxygens (including phenoxy) is 1. The Morgan fingerprint density at radius 1 is 1.46 bits per heavy atom. The van der Waals surface area contributed by atoms with Crippen LogP contribution in [0.2, 0.25) is 0 Å². The van der Waals surface area contributed by atoms with Crippen LogP contribution in [0.3, 0.4) is 0 Å². The van der Waals surface area contributed by atoms with Gasteiger partial charge in [0.25, 0.3) is 0 Å². The van der Waals surface area contributed by atoms with E-state index in [0.717, 1.165) is 23.4 Å². The van der Waals surface area contributed by atoms with Gasteiger partial charge in [0, 0.05) is 18.0 Å². The van der Waals surface area contributed by atoms with Gasteiger partial charge in [0.05, 0.1) is 32.7 Å². The van der Waals surface area contributed by atoms with Crippen LogP contribution in [0.15, 0.2) is 35.9 Å². The molecule has 4 aliphatic heterocycles. The molecule has 2 N–H and O–H groups in total. The van der Waals surface area contributed by atoms with Crippen molar-refractivity contribution in [2.75, 3.05) is 39.2 Å². The van der Waals surface area contributed by atoms with Crippen molar-refractivity contribution >= 4 is 11.7 Å². The highest BCUT2D eigenvalue weighted by Gasteiger charge is 2.86. The van der Waals surface area contributed by atoms with Gasteiger partial charge in [0.15, 0.2) is 5.66 Å². The fourth-order valence-electron chi connectivity index (χ4n) is 7.67. The molecule has 4 bridgehead atoms. The zero-order valence-corrected chi connectivity index (χ0v) is 16.7. The Labute approximate surface area is 165 Å². The maximum atomic E-state index is 13.9. The molecule has 150 valence electrons. The minimum atomic E-state index is -1.17. The van der Waals surface area contributed by atoms with E-state index < -0.39 is 28.6 Å². The number of hydrogen-bond acceptors (Lipinski definition) is 5. The summed E-state index contributed by atoms with van der Waals surface area (Å²) in [6.45, 7) is 3.14. The van der Waals surface area contributed by atoms with Gasteiger partial charge < -0.3 is 24.7 Å². The summed E-state index contributed by atoms with van der Waals surface area (Å²) >= 11 is 0. The number of aliphatic hydroxyl groups is 1. The Morgan fingerprint density at radius 3 is 2.89 bits per heavy atom. The Kier molecular flexibility index (Phi) is 3.49.